The minimum absolute atomic E-state index is 0.466. The maximum atomic E-state index is 10.4. The normalized spacial score (nSPS) is 21.7. The van der Waals surface area contributed by atoms with Crippen molar-refractivity contribution in [2.24, 2.45) is 0 Å². The fourth-order valence-corrected chi connectivity index (χ4v) is 1.53. The fraction of sp³-hybridized carbons (Fsp3) is 0.400. The molecule has 1 atom stereocenters. The first-order chi connectivity index (χ1) is 6.40. The van der Waals surface area contributed by atoms with E-state index in [0.29, 0.717) is 11.6 Å². The smallest absolute Gasteiger partial charge is 0.168 e. The lowest BCUT2D eigenvalue weighted by molar-refractivity contribution is 0.111. The number of carbonyl (C=O) groups excluding carboxylic acids is 1. The molecule has 0 bridgehead atoms. The topological polar surface area (TPSA) is 39.2 Å². The van der Waals surface area contributed by atoms with Crippen molar-refractivity contribution in [3.63, 3.8) is 0 Å². The highest BCUT2D eigenvalue weighted by molar-refractivity contribution is 5.71. The fourth-order valence-electron chi connectivity index (χ4n) is 1.53. The number of carbonyl (C=O) groups is 1. The summed E-state index contributed by atoms with van der Waals surface area (Å²) in [6, 6.07) is 3.71. The average Bonchev–Trinajstić information content (AvgIpc) is 2.71. The Morgan fingerprint density at radius 3 is 3.00 bits per heavy atom. The van der Waals surface area contributed by atoms with E-state index in [4.69, 9.17) is 4.74 Å². The minimum Gasteiger partial charge on any atom is -0.381 e. The summed E-state index contributed by atoms with van der Waals surface area (Å²) in [5.74, 6) is 0.466. The molecule has 0 radical (unpaired) electrons. The third-order valence-corrected chi connectivity index (χ3v) is 2.33. The summed E-state index contributed by atoms with van der Waals surface area (Å²) in [7, 11) is 0. The standard InChI is InChI=1S/C10H11NO2/c12-6-10-2-1-8(5-11-10)9-3-4-13-7-9/h1-2,5-6,9H,3-4,7H2. The molecule has 13 heavy (non-hydrogen) atoms. The van der Waals surface area contributed by atoms with Crippen molar-refractivity contribution in [1.29, 1.82) is 0 Å². The number of aromatic nitrogens is 1. The number of pyridine rings is 1. The zero-order valence-corrected chi connectivity index (χ0v) is 7.27. The van der Waals surface area contributed by atoms with E-state index >= 15 is 0 Å². The minimum atomic E-state index is 0.466. The third kappa shape index (κ3) is 1.75. The third-order valence-electron chi connectivity index (χ3n) is 2.33. The van der Waals surface area contributed by atoms with Gasteiger partial charge in [-0.3, -0.25) is 9.78 Å². The van der Waals surface area contributed by atoms with Gasteiger partial charge in [0.05, 0.1) is 6.61 Å². The highest BCUT2D eigenvalue weighted by atomic mass is 16.5. The number of aldehydes is 1. The zero-order chi connectivity index (χ0) is 9.10. The summed E-state index contributed by atoms with van der Waals surface area (Å²) in [6.07, 6.45) is 3.58. The van der Waals surface area contributed by atoms with E-state index in [1.165, 1.54) is 5.56 Å². The van der Waals surface area contributed by atoms with Gasteiger partial charge in [0.15, 0.2) is 6.29 Å². The van der Waals surface area contributed by atoms with Gasteiger partial charge in [-0.25, -0.2) is 0 Å². The molecule has 1 unspecified atom stereocenters. The second kappa shape index (κ2) is 3.66. The Hall–Kier alpha value is -1.22. The number of ether oxygens (including phenoxy) is 1. The van der Waals surface area contributed by atoms with Crippen LogP contribution in [-0.2, 0) is 4.74 Å². The lowest BCUT2D eigenvalue weighted by Crippen LogP contribution is -1.98. The second-order valence-corrected chi connectivity index (χ2v) is 3.19. The molecule has 2 heterocycles. The Balaban J connectivity index is 2.16. The molecule has 1 aromatic rings. The van der Waals surface area contributed by atoms with Gasteiger partial charge in [0.2, 0.25) is 0 Å². The summed E-state index contributed by atoms with van der Waals surface area (Å²) < 4.78 is 5.27. The molecular weight excluding hydrogens is 166 g/mol. The van der Waals surface area contributed by atoms with Gasteiger partial charge in [0, 0.05) is 18.7 Å². The van der Waals surface area contributed by atoms with E-state index in [1.54, 1.807) is 12.3 Å². The quantitative estimate of drug-likeness (QED) is 0.641. The highest BCUT2D eigenvalue weighted by Crippen LogP contribution is 2.24. The van der Waals surface area contributed by atoms with Gasteiger partial charge in [0.25, 0.3) is 0 Å². The predicted octanol–water partition coefficient (Wildman–Crippen LogP) is 1.40. The van der Waals surface area contributed by atoms with Gasteiger partial charge in [-0.05, 0) is 18.1 Å². The molecule has 0 aliphatic carbocycles. The molecule has 1 aliphatic rings. The van der Waals surface area contributed by atoms with Crippen LogP contribution in [0.1, 0.15) is 28.4 Å². The van der Waals surface area contributed by atoms with Crippen molar-refractivity contribution in [2.75, 3.05) is 13.2 Å². The maximum absolute atomic E-state index is 10.4. The Kier molecular flexibility index (Phi) is 2.36. The molecule has 1 aliphatic heterocycles. The van der Waals surface area contributed by atoms with Crippen LogP contribution in [0.2, 0.25) is 0 Å². The molecule has 3 nitrogen and oxygen atoms in total. The maximum Gasteiger partial charge on any atom is 0.168 e. The summed E-state index contributed by atoms with van der Waals surface area (Å²) in [5.41, 5.74) is 1.66. The SMILES string of the molecule is O=Cc1ccc(C2CCOC2)cn1. The average molecular weight is 177 g/mol. The first kappa shape index (κ1) is 8.38. The van der Waals surface area contributed by atoms with Gasteiger partial charge >= 0.3 is 0 Å². The van der Waals surface area contributed by atoms with Crippen LogP contribution in [0.3, 0.4) is 0 Å². The molecule has 1 aromatic heterocycles. The Morgan fingerprint density at radius 2 is 2.46 bits per heavy atom. The van der Waals surface area contributed by atoms with Gasteiger partial charge in [-0.1, -0.05) is 6.07 Å². The van der Waals surface area contributed by atoms with E-state index in [2.05, 4.69) is 4.98 Å². The predicted molar refractivity (Wildman–Crippen MR) is 47.8 cm³/mol. The van der Waals surface area contributed by atoms with E-state index in [0.717, 1.165) is 25.9 Å². The van der Waals surface area contributed by atoms with Crippen LogP contribution in [-0.4, -0.2) is 24.5 Å². The largest absolute Gasteiger partial charge is 0.381 e. The zero-order valence-electron chi connectivity index (χ0n) is 7.27. The van der Waals surface area contributed by atoms with E-state index < -0.39 is 0 Å². The number of hydrogen-bond acceptors (Lipinski definition) is 3. The van der Waals surface area contributed by atoms with Crippen LogP contribution in [0.15, 0.2) is 18.3 Å². The first-order valence-corrected chi connectivity index (χ1v) is 4.39. The number of rotatable bonds is 2. The summed E-state index contributed by atoms with van der Waals surface area (Å²) >= 11 is 0. The lowest BCUT2D eigenvalue weighted by atomic mass is 10.0. The van der Waals surface area contributed by atoms with Crippen molar-refractivity contribution in [1.82, 2.24) is 4.98 Å². The van der Waals surface area contributed by atoms with Crippen LogP contribution in [0.4, 0.5) is 0 Å². The van der Waals surface area contributed by atoms with Crippen LogP contribution >= 0.6 is 0 Å². The Morgan fingerprint density at radius 1 is 1.54 bits per heavy atom. The molecule has 0 spiro atoms. The van der Waals surface area contributed by atoms with Crippen LogP contribution in [0, 0.1) is 0 Å². The van der Waals surface area contributed by atoms with Crippen molar-refractivity contribution in [3.8, 4) is 0 Å². The molecule has 0 N–H and O–H groups in total. The van der Waals surface area contributed by atoms with Crippen molar-refractivity contribution in [3.05, 3.63) is 29.6 Å². The number of nitrogens with zero attached hydrogens (tertiary/aromatic N) is 1. The lowest BCUT2D eigenvalue weighted by Gasteiger charge is -2.06. The van der Waals surface area contributed by atoms with Gasteiger partial charge in [0.1, 0.15) is 5.69 Å². The van der Waals surface area contributed by atoms with E-state index in [9.17, 15) is 4.79 Å². The Labute approximate surface area is 76.7 Å². The molecule has 68 valence electrons. The second-order valence-electron chi connectivity index (χ2n) is 3.19. The van der Waals surface area contributed by atoms with E-state index in [-0.39, 0.29) is 0 Å². The Bertz CT molecular complexity index is 288. The summed E-state index contributed by atoms with van der Waals surface area (Å²) in [5, 5.41) is 0. The van der Waals surface area contributed by atoms with Crippen LogP contribution < -0.4 is 0 Å². The van der Waals surface area contributed by atoms with Gasteiger partial charge < -0.3 is 4.74 Å². The molecule has 0 aromatic carbocycles. The molecule has 3 heteroatoms. The molecule has 0 amide bonds. The molecule has 2 rings (SSSR count). The van der Waals surface area contributed by atoms with Crippen LogP contribution in [0.5, 0.6) is 0 Å². The first-order valence-electron chi connectivity index (χ1n) is 4.39. The van der Waals surface area contributed by atoms with E-state index in [1.807, 2.05) is 6.07 Å². The summed E-state index contributed by atoms with van der Waals surface area (Å²) in [4.78, 5) is 14.4. The van der Waals surface area contributed by atoms with Crippen LogP contribution in [0.25, 0.3) is 0 Å². The molecular formula is C10H11NO2. The van der Waals surface area contributed by atoms with Crippen molar-refractivity contribution < 1.29 is 9.53 Å². The van der Waals surface area contributed by atoms with Gasteiger partial charge in [-0.15, -0.1) is 0 Å². The molecule has 1 fully saturated rings. The number of hydrogen-bond donors (Lipinski definition) is 0. The monoisotopic (exact) mass is 177 g/mol. The highest BCUT2D eigenvalue weighted by Gasteiger charge is 2.17. The van der Waals surface area contributed by atoms with Gasteiger partial charge in [-0.2, -0.15) is 0 Å². The van der Waals surface area contributed by atoms with Crippen molar-refractivity contribution in [2.45, 2.75) is 12.3 Å². The van der Waals surface area contributed by atoms with Crippen molar-refractivity contribution >= 4 is 6.29 Å². The molecule has 0 saturated carbocycles. The summed E-state index contributed by atoms with van der Waals surface area (Å²) in [6.45, 7) is 1.61. The molecule has 1 saturated heterocycles.